The van der Waals surface area contributed by atoms with Crippen molar-refractivity contribution in [3.8, 4) is 0 Å². The monoisotopic (exact) mass is 383 g/mol. The number of fused-ring (bicyclic) bond motifs is 1. The first kappa shape index (κ1) is 19.3. The first-order valence-corrected chi connectivity index (χ1v) is 11.2. The van der Waals surface area contributed by atoms with Crippen molar-refractivity contribution in [1.82, 2.24) is 4.90 Å². The van der Waals surface area contributed by atoms with Crippen LogP contribution in [0.4, 0.5) is 0 Å². The minimum Gasteiger partial charge on any atom is -0.301 e. The molecular formula is C25H34ClN. The highest BCUT2D eigenvalue weighted by atomic mass is 35.5. The quantitative estimate of drug-likeness (QED) is 0.534. The average Bonchev–Trinajstić information content (AvgIpc) is 3.02. The van der Waals surface area contributed by atoms with Crippen molar-refractivity contribution in [3.05, 3.63) is 58.7 Å². The average molecular weight is 384 g/mol. The Labute approximate surface area is 170 Å². The Morgan fingerprint density at radius 2 is 1.93 bits per heavy atom. The summed E-state index contributed by atoms with van der Waals surface area (Å²) in [4.78, 5) is 2.58. The van der Waals surface area contributed by atoms with Crippen LogP contribution in [-0.2, 0) is 0 Å². The van der Waals surface area contributed by atoms with Crippen LogP contribution in [0.1, 0.15) is 75.3 Å². The molecule has 3 aliphatic rings. The van der Waals surface area contributed by atoms with Gasteiger partial charge in [0.05, 0.1) is 0 Å². The topological polar surface area (TPSA) is 3.24 Å². The summed E-state index contributed by atoms with van der Waals surface area (Å²) in [6.07, 6.45) is 17.0. The van der Waals surface area contributed by atoms with Crippen molar-refractivity contribution < 1.29 is 0 Å². The number of benzene rings is 1. The summed E-state index contributed by atoms with van der Waals surface area (Å²) < 4.78 is 0. The molecule has 1 heterocycles. The fraction of sp³-hybridized carbons (Fsp3) is 0.600. The first-order valence-electron chi connectivity index (χ1n) is 10.8. The lowest BCUT2D eigenvalue weighted by Gasteiger charge is -2.42. The summed E-state index contributed by atoms with van der Waals surface area (Å²) in [5.41, 5.74) is 3.40. The van der Waals surface area contributed by atoms with Gasteiger partial charge in [0.15, 0.2) is 0 Å². The second kappa shape index (κ2) is 7.76. The molecule has 1 fully saturated rings. The van der Waals surface area contributed by atoms with Crippen molar-refractivity contribution in [3.63, 3.8) is 0 Å². The third kappa shape index (κ3) is 3.91. The van der Waals surface area contributed by atoms with E-state index in [1.807, 2.05) is 0 Å². The number of likely N-dealkylation sites (tertiary alicyclic amines) is 1. The molecule has 1 aromatic carbocycles. The lowest BCUT2D eigenvalue weighted by atomic mass is 9.74. The number of nitrogens with zero attached hydrogens (tertiary/aromatic N) is 1. The smallest absolute Gasteiger partial charge is 0.0409 e. The maximum absolute atomic E-state index is 6.47. The van der Waals surface area contributed by atoms with Crippen molar-refractivity contribution >= 4 is 11.6 Å². The molecule has 2 aliphatic carbocycles. The minimum absolute atomic E-state index is 0.273. The van der Waals surface area contributed by atoms with E-state index >= 15 is 0 Å². The molecule has 4 unspecified atom stereocenters. The Balaban J connectivity index is 1.65. The van der Waals surface area contributed by atoms with Gasteiger partial charge in [-0.15, -0.1) is 0 Å². The van der Waals surface area contributed by atoms with E-state index in [9.17, 15) is 0 Å². The van der Waals surface area contributed by atoms with Gasteiger partial charge in [0.25, 0.3) is 0 Å². The Morgan fingerprint density at radius 1 is 1.07 bits per heavy atom. The van der Waals surface area contributed by atoms with Gasteiger partial charge in [-0.05, 0) is 106 Å². The third-order valence-electron chi connectivity index (χ3n) is 7.57. The molecule has 0 spiro atoms. The molecule has 0 N–H and O–H groups in total. The lowest BCUT2D eigenvalue weighted by Crippen LogP contribution is -2.44. The summed E-state index contributed by atoms with van der Waals surface area (Å²) in [5.74, 6) is 2.71. The fourth-order valence-electron chi connectivity index (χ4n) is 5.78. The van der Waals surface area contributed by atoms with Crippen LogP contribution in [0.2, 0.25) is 5.02 Å². The summed E-state index contributed by atoms with van der Waals surface area (Å²) in [5, 5.41) is 0.903. The van der Waals surface area contributed by atoms with Gasteiger partial charge in [0, 0.05) is 10.6 Å². The van der Waals surface area contributed by atoms with Crippen LogP contribution in [0.3, 0.4) is 0 Å². The number of hydrogen-bond acceptors (Lipinski definition) is 1. The highest BCUT2D eigenvalue weighted by Gasteiger charge is 2.41. The van der Waals surface area contributed by atoms with E-state index < -0.39 is 0 Å². The highest BCUT2D eigenvalue weighted by Crippen LogP contribution is 2.53. The van der Waals surface area contributed by atoms with Gasteiger partial charge < -0.3 is 4.90 Å². The van der Waals surface area contributed by atoms with Crippen LogP contribution in [0.5, 0.6) is 0 Å². The summed E-state index contributed by atoms with van der Waals surface area (Å²) in [6, 6.07) is 6.72. The van der Waals surface area contributed by atoms with E-state index in [-0.39, 0.29) is 5.54 Å². The molecule has 0 amide bonds. The van der Waals surface area contributed by atoms with Crippen molar-refractivity contribution in [2.75, 3.05) is 13.6 Å². The Bertz CT molecular complexity index is 732. The van der Waals surface area contributed by atoms with Crippen LogP contribution < -0.4 is 0 Å². The molecule has 4 rings (SSSR count). The molecule has 0 radical (unpaired) electrons. The predicted octanol–water partition coefficient (Wildman–Crippen LogP) is 6.94. The molecule has 2 heteroatoms. The lowest BCUT2D eigenvalue weighted by molar-refractivity contribution is 0.0945. The van der Waals surface area contributed by atoms with Crippen LogP contribution >= 0.6 is 11.6 Å². The molecule has 146 valence electrons. The predicted molar refractivity (Wildman–Crippen MR) is 117 cm³/mol. The standard InChI is InChI=1S/C25H34ClN/c1-25(2)17-19(11-7-8-14-27(25)3)23-16-22(18-9-5-4-6-10-18)21-13-12-20(26)15-24(21)23/h4-6,9,12-13,15,18-19,22-23H,7-8,10-11,14,16-17H2,1-3H3. The van der Waals surface area contributed by atoms with Crippen LogP contribution in [0.15, 0.2) is 42.5 Å². The second-order valence-electron chi connectivity index (χ2n) is 9.63. The zero-order valence-electron chi connectivity index (χ0n) is 17.1. The second-order valence-corrected chi connectivity index (χ2v) is 10.1. The Kier molecular flexibility index (Phi) is 5.54. The largest absolute Gasteiger partial charge is 0.301 e. The molecule has 1 nitrogen and oxygen atoms in total. The molecule has 0 aromatic heterocycles. The summed E-state index contributed by atoms with van der Waals surface area (Å²) >= 11 is 6.47. The van der Waals surface area contributed by atoms with E-state index in [0.717, 1.165) is 10.9 Å². The molecule has 1 saturated heterocycles. The van der Waals surface area contributed by atoms with Crippen molar-refractivity contribution in [1.29, 1.82) is 0 Å². The Morgan fingerprint density at radius 3 is 2.70 bits per heavy atom. The normalized spacial score (nSPS) is 33.5. The van der Waals surface area contributed by atoms with E-state index in [1.165, 1.54) is 45.1 Å². The van der Waals surface area contributed by atoms with Gasteiger partial charge >= 0.3 is 0 Å². The van der Waals surface area contributed by atoms with Crippen LogP contribution in [-0.4, -0.2) is 24.0 Å². The van der Waals surface area contributed by atoms with Gasteiger partial charge in [0.1, 0.15) is 0 Å². The van der Waals surface area contributed by atoms with Gasteiger partial charge in [-0.3, -0.25) is 0 Å². The van der Waals surface area contributed by atoms with Crippen LogP contribution in [0, 0.1) is 11.8 Å². The van der Waals surface area contributed by atoms with Crippen LogP contribution in [0.25, 0.3) is 0 Å². The molecule has 1 aromatic rings. The summed E-state index contributed by atoms with van der Waals surface area (Å²) in [6.45, 7) is 6.10. The molecule has 27 heavy (non-hydrogen) atoms. The number of rotatable bonds is 2. The Hall–Kier alpha value is -1.05. The van der Waals surface area contributed by atoms with Gasteiger partial charge in [0.2, 0.25) is 0 Å². The van der Waals surface area contributed by atoms with E-state index in [1.54, 1.807) is 11.1 Å². The van der Waals surface area contributed by atoms with E-state index in [2.05, 4.69) is 68.3 Å². The number of allylic oxidation sites excluding steroid dienone is 4. The molecule has 4 atom stereocenters. The maximum Gasteiger partial charge on any atom is 0.0409 e. The fourth-order valence-corrected chi connectivity index (χ4v) is 5.96. The van der Waals surface area contributed by atoms with Gasteiger partial charge in [-0.2, -0.15) is 0 Å². The van der Waals surface area contributed by atoms with Crippen molar-refractivity contribution in [2.45, 2.75) is 69.7 Å². The summed E-state index contributed by atoms with van der Waals surface area (Å²) in [7, 11) is 2.31. The van der Waals surface area contributed by atoms with Gasteiger partial charge in [-0.25, -0.2) is 0 Å². The third-order valence-corrected chi connectivity index (χ3v) is 7.80. The van der Waals surface area contributed by atoms with Crippen molar-refractivity contribution in [2.24, 2.45) is 11.8 Å². The SMILES string of the molecule is CN1CCCCC(C2CC(C3C=CC=CC3)c3ccc(Cl)cc32)CC1(C)C. The highest BCUT2D eigenvalue weighted by molar-refractivity contribution is 6.30. The molecule has 0 bridgehead atoms. The zero-order chi connectivity index (χ0) is 19.0. The van der Waals surface area contributed by atoms with E-state index in [4.69, 9.17) is 11.6 Å². The molecule has 1 aliphatic heterocycles. The zero-order valence-corrected chi connectivity index (χ0v) is 17.9. The molecular weight excluding hydrogens is 350 g/mol. The number of halogens is 1. The van der Waals surface area contributed by atoms with E-state index in [0.29, 0.717) is 17.8 Å². The molecule has 0 saturated carbocycles. The van der Waals surface area contributed by atoms with Gasteiger partial charge in [-0.1, -0.05) is 48.4 Å². The maximum atomic E-state index is 6.47. The number of hydrogen-bond donors (Lipinski definition) is 0. The minimum atomic E-state index is 0.273. The first-order chi connectivity index (χ1) is 13.0.